The standard InChI is InChI=1S/C14H22N2O/c1-10-7-16-13(11(2)14(10)17-3)9-15-8-12-5-4-6-12/h7,12,15H,4-6,8-9H2,1-3H3. The van der Waals surface area contributed by atoms with Gasteiger partial charge in [-0.05, 0) is 39.2 Å². The predicted molar refractivity (Wildman–Crippen MR) is 69.3 cm³/mol. The monoisotopic (exact) mass is 234 g/mol. The van der Waals surface area contributed by atoms with E-state index in [1.165, 1.54) is 19.3 Å². The Morgan fingerprint density at radius 3 is 2.76 bits per heavy atom. The topological polar surface area (TPSA) is 34.1 Å². The minimum absolute atomic E-state index is 0.846. The molecule has 1 aliphatic carbocycles. The zero-order valence-electron chi connectivity index (χ0n) is 11.0. The zero-order valence-corrected chi connectivity index (χ0v) is 11.0. The van der Waals surface area contributed by atoms with Crippen molar-refractivity contribution in [3.63, 3.8) is 0 Å². The molecule has 1 aliphatic rings. The van der Waals surface area contributed by atoms with Crippen LogP contribution >= 0.6 is 0 Å². The fourth-order valence-electron chi connectivity index (χ4n) is 2.34. The Labute approximate surface area is 104 Å². The van der Waals surface area contributed by atoms with Crippen LogP contribution in [0.5, 0.6) is 5.75 Å². The van der Waals surface area contributed by atoms with Crippen LogP contribution in [0.2, 0.25) is 0 Å². The first kappa shape index (κ1) is 12.4. The van der Waals surface area contributed by atoms with Gasteiger partial charge in [0.05, 0.1) is 12.8 Å². The van der Waals surface area contributed by atoms with Gasteiger partial charge in [-0.1, -0.05) is 6.42 Å². The van der Waals surface area contributed by atoms with Crippen molar-refractivity contribution in [2.75, 3.05) is 13.7 Å². The minimum Gasteiger partial charge on any atom is -0.496 e. The lowest BCUT2D eigenvalue weighted by atomic mass is 9.85. The molecule has 17 heavy (non-hydrogen) atoms. The second-order valence-corrected chi connectivity index (χ2v) is 4.97. The molecule has 1 aromatic heterocycles. The van der Waals surface area contributed by atoms with Crippen LogP contribution in [-0.2, 0) is 6.54 Å². The Kier molecular flexibility index (Phi) is 4.00. The van der Waals surface area contributed by atoms with Crippen LogP contribution in [-0.4, -0.2) is 18.6 Å². The molecule has 0 unspecified atom stereocenters. The second-order valence-electron chi connectivity index (χ2n) is 4.97. The Balaban J connectivity index is 1.95. The number of pyridine rings is 1. The molecule has 1 fully saturated rings. The number of ether oxygens (including phenoxy) is 1. The van der Waals surface area contributed by atoms with E-state index in [4.69, 9.17) is 4.74 Å². The third kappa shape index (κ3) is 2.78. The number of hydrogen-bond acceptors (Lipinski definition) is 3. The molecule has 0 aliphatic heterocycles. The van der Waals surface area contributed by atoms with E-state index in [9.17, 15) is 0 Å². The quantitative estimate of drug-likeness (QED) is 0.850. The van der Waals surface area contributed by atoms with Crippen LogP contribution in [0.3, 0.4) is 0 Å². The molecule has 0 bridgehead atoms. The van der Waals surface area contributed by atoms with Gasteiger partial charge in [0.25, 0.3) is 0 Å². The summed E-state index contributed by atoms with van der Waals surface area (Å²) in [5.74, 6) is 1.86. The van der Waals surface area contributed by atoms with Crippen LogP contribution in [0.15, 0.2) is 6.20 Å². The number of rotatable bonds is 5. The van der Waals surface area contributed by atoms with Crippen molar-refractivity contribution >= 4 is 0 Å². The molecule has 0 atom stereocenters. The first-order valence-electron chi connectivity index (χ1n) is 6.42. The Morgan fingerprint density at radius 1 is 1.41 bits per heavy atom. The zero-order chi connectivity index (χ0) is 12.3. The van der Waals surface area contributed by atoms with E-state index in [1.807, 2.05) is 13.1 Å². The fourth-order valence-corrected chi connectivity index (χ4v) is 2.34. The molecule has 94 valence electrons. The van der Waals surface area contributed by atoms with E-state index in [2.05, 4.69) is 17.2 Å². The van der Waals surface area contributed by atoms with Crippen LogP contribution in [0.25, 0.3) is 0 Å². The van der Waals surface area contributed by atoms with Crippen molar-refractivity contribution in [1.29, 1.82) is 0 Å². The van der Waals surface area contributed by atoms with Crippen molar-refractivity contribution in [3.05, 3.63) is 23.0 Å². The summed E-state index contributed by atoms with van der Waals surface area (Å²) < 4.78 is 5.41. The highest BCUT2D eigenvalue weighted by Gasteiger charge is 2.17. The first-order chi connectivity index (χ1) is 8.22. The summed E-state index contributed by atoms with van der Waals surface area (Å²) in [5.41, 5.74) is 3.37. The predicted octanol–water partition coefficient (Wildman–Crippen LogP) is 2.60. The summed E-state index contributed by atoms with van der Waals surface area (Å²) >= 11 is 0. The van der Waals surface area contributed by atoms with Gasteiger partial charge in [-0.15, -0.1) is 0 Å². The fraction of sp³-hybridized carbons (Fsp3) is 0.643. The van der Waals surface area contributed by atoms with Gasteiger partial charge in [-0.25, -0.2) is 0 Å². The lowest BCUT2D eigenvalue weighted by Crippen LogP contribution is -2.27. The van der Waals surface area contributed by atoms with Crippen molar-refractivity contribution in [2.45, 2.75) is 39.7 Å². The van der Waals surface area contributed by atoms with E-state index < -0.39 is 0 Å². The molecule has 1 N–H and O–H groups in total. The average molecular weight is 234 g/mol. The van der Waals surface area contributed by atoms with Crippen LogP contribution < -0.4 is 10.1 Å². The SMILES string of the molecule is COc1c(C)cnc(CNCC2CCC2)c1C. The first-order valence-corrected chi connectivity index (χ1v) is 6.42. The normalized spacial score (nSPS) is 15.7. The van der Waals surface area contributed by atoms with Gasteiger partial charge in [-0.2, -0.15) is 0 Å². The highest BCUT2D eigenvalue weighted by molar-refractivity contribution is 5.40. The molecule has 3 nitrogen and oxygen atoms in total. The Hall–Kier alpha value is -1.09. The summed E-state index contributed by atoms with van der Waals surface area (Å²) in [6.45, 7) is 6.08. The smallest absolute Gasteiger partial charge is 0.128 e. The number of methoxy groups -OCH3 is 1. The largest absolute Gasteiger partial charge is 0.496 e. The molecular weight excluding hydrogens is 212 g/mol. The number of aryl methyl sites for hydroxylation is 1. The highest BCUT2D eigenvalue weighted by atomic mass is 16.5. The van der Waals surface area contributed by atoms with Crippen molar-refractivity contribution < 1.29 is 4.74 Å². The Bertz CT molecular complexity index is 386. The van der Waals surface area contributed by atoms with Crippen molar-refractivity contribution in [2.24, 2.45) is 5.92 Å². The van der Waals surface area contributed by atoms with E-state index in [-0.39, 0.29) is 0 Å². The summed E-state index contributed by atoms with van der Waals surface area (Å²) in [6.07, 6.45) is 6.07. The summed E-state index contributed by atoms with van der Waals surface area (Å²) in [7, 11) is 1.72. The maximum Gasteiger partial charge on any atom is 0.128 e. The van der Waals surface area contributed by atoms with Crippen LogP contribution in [0.1, 0.15) is 36.1 Å². The van der Waals surface area contributed by atoms with Gasteiger partial charge in [-0.3, -0.25) is 4.98 Å². The third-order valence-corrected chi connectivity index (χ3v) is 3.70. The maximum absolute atomic E-state index is 5.41. The Morgan fingerprint density at radius 2 is 2.18 bits per heavy atom. The third-order valence-electron chi connectivity index (χ3n) is 3.70. The number of nitrogens with zero attached hydrogens (tertiary/aromatic N) is 1. The molecule has 1 aromatic rings. The molecule has 2 rings (SSSR count). The van der Waals surface area contributed by atoms with Crippen LogP contribution in [0, 0.1) is 19.8 Å². The summed E-state index contributed by atoms with van der Waals surface area (Å²) in [4.78, 5) is 4.48. The molecule has 0 spiro atoms. The molecule has 3 heteroatoms. The van der Waals surface area contributed by atoms with Gasteiger partial charge < -0.3 is 10.1 Å². The number of nitrogens with one attached hydrogen (secondary N) is 1. The van der Waals surface area contributed by atoms with Crippen molar-refractivity contribution in [3.8, 4) is 5.75 Å². The van der Waals surface area contributed by atoms with Gasteiger partial charge in [0, 0.05) is 23.9 Å². The molecule has 0 aromatic carbocycles. The second kappa shape index (κ2) is 5.50. The van der Waals surface area contributed by atoms with E-state index in [0.717, 1.165) is 41.6 Å². The van der Waals surface area contributed by atoms with Gasteiger partial charge in [0.2, 0.25) is 0 Å². The molecule has 0 saturated heterocycles. The highest BCUT2D eigenvalue weighted by Crippen LogP contribution is 2.26. The lowest BCUT2D eigenvalue weighted by Gasteiger charge is -2.25. The number of aromatic nitrogens is 1. The lowest BCUT2D eigenvalue weighted by molar-refractivity contribution is 0.300. The average Bonchev–Trinajstić information content (AvgIpc) is 2.25. The van der Waals surface area contributed by atoms with Gasteiger partial charge in [0.15, 0.2) is 0 Å². The maximum atomic E-state index is 5.41. The minimum atomic E-state index is 0.846. The summed E-state index contributed by atoms with van der Waals surface area (Å²) in [5, 5.41) is 3.50. The summed E-state index contributed by atoms with van der Waals surface area (Å²) in [6, 6.07) is 0. The van der Waals surface area contributed by atoms with E-state index in [0.29, 0.717) is 0 Å². The molecule has 0 amide bonds. The van der Waals surface area contributed by atoms with E-state index >= 15 is 0 Å². The molecule has 1 saturated carbocycles. The van der Waals surface area contributed by atoms with Gasteiger partial charge >= 0.3 is 0 Å². The molecule has 1 heterocycles. The van der Waals surface area contributed by atoms with Crippen LogP contribution in [0.4, 0.5) is 0 Å². The van der Waals surface area contributed by atoms with E-state index in [1.54, 1.807) is 7.11 Å². The molecular formula is C14H22N2O. The van der Waals surface area contributed by atoms with Gasteiger partial charge in [0.1, 0.15) is 5.75 Å². The van der Waals surface area contributed by atoms with Crippen molar-refractivity contribution in [1.82, 2.24) is 10.3 Å². The molecule has 0 radical (unpaired) electrons. The number of hydrogen-bond donors (Lipinski definition) is 1.